The van der Waals surface area contributed by atoms with Crippen LogP contribution in [0.4, 0.5) is 0 Å². The lowest BCUT2D eigenvalue weighted by molar-refractivity contribution is 0.181. The second-order valence-corrected chi connectivity index (χ2v) is 4.15. The van der Waals surface area contributed by atoms with Crippen LogP contribution < -0.4 is 0 Å². The minimum atomic E-state index is -0.266. The number of allylic oxidation sites excluding steroid dienone is 4. The highest BCUT2D eigenvalue weighted by atomic mass is 16.3. The second kappa shape index (κ2) is 13.0. The van der Waals surface area contributed by atoms with E-state index in [0.29, 0.717) is 6.42 Å². The van der Waals surface area contributed by atoms with Crippen molar-refractivity contribution in [3.05, 3.63) is 49.6 Å². The maximum atomic E-state index is 9.43. The quantitative estimate of drug-likeness (QED) is 0.410. The zero-order valence-electron chi connectivity index (χ0n) is 10.9. The number of rotatable bonds is 11. The Hall–Kier alpha value is -1.08. The maximum Gasteiger partial charge on any atom is 0.0608 e. The third kappa shape index (κ3) is 12.9. The molecule has 0 saturated heterocycles. The summed E-state index contributed by atoms with van der Waals surface area (Å²) in [5, 5.41) is 9.43. The van der Waals surface area contributed by atoms with Crippen LogP contribution in [0, 0.1) is 0 Å². The molecule has 0 fully saturated rings. The number of aliphatic hydroxyl groups is 1. The van der Waals surface area contributed by atoms with Gasteiger partial charge >= 0.3 is 0 Å². The lowest BCUT2D eigenvalue weighted by Gasteiger charge is -2.02. The van der Waals surface area contributed by atoms with E-state index in [2.05, 4.69) is 37.5 Å². The van der Waals surface area contributed by atoms with E-state index in [1.54, 1.807) is 6.08 Å². The van der Waals surface area contributed by atoms with Crippen molar-refractivity contribution < 1.29 is 5.11 Å². The molecule has 0 bridgehead atoms. The molecule has 0 amide bonds. The van der Waals surface area contributed by atoms with Crippen molar-refractivity contribution in [3.8, 4) is 0 Å². The molecule has 0 aliphatic carbocycles. The molecule has 1 N–H and O–H groups in total. The molecule has 0 radical (unpaired) electrons. The summed E-state index contributed by atoms with van der Waals surface area (Å²) in [7, 11) is 0. The van der Waals surface area contributed by atoms with Crippen LogP contribution in [0.15, 0.2) is 49.6 Å². The Balaban J connectivity index is 3.34. The summed E-state index contributed by atoms with van der Waals surface area (Å²) in [6.07, 6.45) is 19.1. The Morgan fingerprint density at radius 2 is 1.41 bits per heavy atom. The molecule has 1 nitrogen and oxygen atoms in total. The Bertz CT molecular complexity index is 238. The van der Waals surface area contributed by atoms with Gasteiger partial charge in [0.1, 0.15) is 0 Å². The van der Waals surface area contributed by atoms with Gasteiger partial charge in [0.2, 0.25) is 0 Å². The van der Waals surface area contributed by atoms with Crippen LogP contribution in [0.1, 0.15) is 44.9 Å². The lowest BCUT2D eigenvalue weighted by Crippen LogP contribution is -2.01. The summed E-state index contributed by atoms with van der Waals surface area (Å²) in [4.78, 5) is 0. The molecule has 0 heterocycles. The summed E-state index contributed by atoms with van der Waals surface area (Å²) in [5.74, 6) is 0. The molecule has 1 atom stereocenters. The minimum absolute atomic E-state index is 0.266. The first-order valence-corrected chi connectivity index (χ1v) is 6.51. The van der Waals surface area contributed by atoms with E-state index in [9.17, 15) is 5.11 Å². The Morgan fingerprint density at radius 1 is 0.765 bits per heavy atom. The number of hydrogen-bond donors (Lipinski definition) is 1. The lowest BCUT2D eigenvalue weighted by atomic mass is 10.1. The fraction of sp³-hybridized carbons (Fsp3) is 0.500. The van der Waals surface area contributed by atoms with Gasteiger partial charge in [-0.25, -0.2) is 0 Å². The molecule has 17 heavy (non-hydrogen) atoms. The molecule has 1 unspecified atom stereocenters. The largest absolute Gasteiger partial charge is 0.392 e. The van der Waals surface area contributed by atoms with Crippen molar-refractivity contribution in [1.29, 1.82) is 0 Å². The van der Waals surface area contributed by atoms with E-state index in [-0.39, 0.29) is 6.10 Å². The van der Waals surface area contributed by atoms with Gasteiger partial charge in [0.05, 0.1) is 6.10 Å². The molecule has 0 spiro atoms. The van der Waals surface area contributed by atoms with Gasteiger partial charge in [-0.1, -0.05) is 36.5 Å². The molecule has 1 heteroatoms. The maximum absolute atomic E-state index is 9.43. The standard InChI is InChI=1S/C16H26O/c1-3-5-6-7-8-9-10-11-12-13-15-16(17)14-4-2/h3-4,8-9,12-13,16-17H,1-2,5-7,10-11,14-15H2/b9-8+,13-12+. The van der Waals surface area contributed by atoms with E-state index in [1.807, 2.05) is 6.08 Å². The van der Waals surface area contributed by atoms with Crippen LogP contribution >= 0.6 is 0 Å². The van der Waals surface area contributed by atoms with Gasteiger partial charge in [-0.3, -0.25) is 0 Å². The fourth-order valence-corrected chi connectivity index (χ4v) is 1.47. The van der Waals surface area contributed by atoms with Gasteiger partial charge in [0.15, 0.2) is 0 Å². The molecule has 0 rings (SSSR count). The van der Waals surface area contributed by atoms with Crippen LogP contribution in [0.3, 0.4) is 0 Å². The Morgan fingerprint density at radius 3 is 2.06 bits per heavy atom. The van der Waals surface area contributed by atoms with Crippen molar-refractivity contribution >= 4 is 0 Å². The number of hydrogen-bond acceptors (Lipinski definition) is 1. The average molecular weight is 234 g/mol. The van der Waals surface area contributed by atoms with E-state index in [4.69, 9.17) is 0 Å². The smallest absolute Gasteiger partial charge is 0.0608 e. The van der Waals surface area contributed by atoms with Crippen LogP contribution in [-0.4, -0.2) is 11.2 Å². The first kappa shape index (κ1) is 15.9. The molecule has 96 valence electrons. The predicted molar refractivity (Wildman–Crippen MR) is 77.0 cm³/mol. The monoisotopic (exact) mass is 234 g/mol. The van der Waals surface area contributed by atoms with Crippen LogP contribution in [0.25, 0.3) is 0 Å². The molecular weight excluding hydrogens is 208 g/mol. The van der Waals surface area contributed by atoms with Crippen LogP contribution in [0.2, 0.25) is 0 Å². The number of aliphatic hydroxyl groups excluding tert-OH is 1. The Kier molecular flexibility index (Phi) is 12.2. The van der Waals surface area contributed by atoms with Gasteiger partial charge in [-0.15, -0.1) is 13.2 Å². The van der Waals surface area contributed by atoms with E-state index < -0.39 is 0 Å². The van der Waals surface area contributed by atoms with Crippen molar-refractivity contribution in [2.24, 2.45) is 0 Å². The third-order valence-electron chi connectivity index (χ3n) is 2.46. The van der Waals surface area contributed by atoms with Crippen molar-refractivity contribution in [2.45, 2.75) is 51.0 Å². The van der Waals surface area contributed by atoms with E-state index in [0.717, 1.165) is 32.1 Å². The summed E-state index contributed by atoms with van der Waals surface area (Å²) >= 11 is 0. The molecular formula is C16H26O. The van der Waals surface area contributed by atoms with Crippen molar-refractivity contribution in [1.82, 2.24) is 0 Å². The highest BCUT2D eigenvalue weighted by molar-refractivity contribution is 4.90. The van der Waals surface area contributed by atoms with Crippen molar-refractivity contribution in [3.63, 3.8) is 0 Å². The highest BCUT2D eigenvalue weighted by Crippen LogP contribution is 2.02. The topological polar surface area (TPSA) is 20.2 Å². The molecule has 0 aromatic carbocycles. The molecule has 0 aliphatic heterocycles. The summed E-state index contributed by atoms with van der Waals surface area (Å²) in [6, 6.07) is 0. The second-order valence-electron chi connectivity index (χ2n) is 4.15. The summed E-state index contributed by atoms with van der Waals surface area (Å²) in [6.45, 7) is 7.30. The van der Waals surface area contributed by atoms with Crippen LogP contribution in [-0.2, 0) is 0 Å². The van der Waals surface area contributed by atoms with Crippen LogP contribution in [0.5, 0.6) is 0 Å². The fourth-order valence-electron chi connectivity index (χ4n) is 1.47. The van der Waals surface area contributed by atoms with E-state index in [1.165, 1.54) is 6.42 Å². The molecule has 0 aliphatic rings. The SMILES string of the molecule is C=CCCC/C=C/CC/C=C/CC(O)CC=C. The minimum Gasteiger partial charge on any atom is -0.392 e. The first-order chi connectivity index (χ1) is 8.31. The molecule has 0 aromatic heterocycles. The zero-order chi connectivity index (χ0) is 12.8. The van der Waals surface area contributed by atoms with Crippen molar-refractivity contribution in [2.75, 3.05) is 0 Å². The number of unbranched alkanes of at least 4 members (excludes halogenated alkanes) is 3. The predicted octanol–water partition coefficient (Wildman–Crippen LogP) is 4.56. The van der Waals surface area contributed by atoms with Gasteiger partial charge in [0.25, 0.3) is 0 Å². The highest BCUT2D eigenvalue weighted by Gasteiger charge is 1.95. The molecule has 0 saturated carbocycles. The Labute approximate surface area is 106 Å². The van der Waals surface area contributed by atoms with Gasteiger partial charge < -0.3 is 5.11 Å². The average Bonchev–Trinajstić information content (AvgIpc) is 2.32. The first-order valence-electron chi connectivity index (χ1n) is 6.51. The third-order valence-corrected chi connectivity index (χ3v) is 2.46. The van der Waals surface area contributed by atoms with Gasteiger partial charge in [-0.05, 0) is 44.9 Å². The van der Waals surface area contributed by atoms with Gasteiger partial charge in [-0.2, -0.15) is 0 Å². The van der Waals surface area contributed by atoms with Gasteiger partial charge in [0, 0.05) is 0 Å². The normalized spacial score (nSPS) is 13.2. The van der Waals surface area contributed by atoms with E-state index >= 15 is 0 Å². The summed E-state index contributed by atoms with van der Waals surface area (Å²) < 4.78 is 0. The molecule has 0 aromatic rings. The summed E-state index contributed by atoms with van der Waals surface area (Å²) in [5.41, 5.74) is 0. The zero-order valence-corrected chi connectivity index (χ0v) is 10.9.